The molecule has 0 aliphatic heterocycles. The Kier molecular flexibility index (Phi) is 6.84. The second-order valence-electron chi connectivity index (χ2n) is 7.11. The summed E-state index contributed by atoms with van der Waals surface area (Å²) in [5.41, 5.74) is 1.68. The van der Waals surface area contributed by atoms with Crippen LogP contribution in [0.3, 0.4) is 0 Å². The van der Waals surface area contributed by atoms with E-state index in [0.717, 1.165) is 22.1 Å². The first-order valence-electron chi connectivity index (χ1n) is 10.2. The van der Waals surface area contributed by atoms with Crippen LogP contribution in [0.4, 0.5) is 5.69 Å². The highest BCUT2D eigenvalue weighted by atomic mass is 35.5. The Morgan fingerprint density at radius 2 is 1.69 bits per heavy atom. The summed E-state index contributed by atoms with van der Waals surface area (Å²) in [4.78, 5) is 12.8. The Labute approximate surface area is 196 Å². The van der Waals surface area contributed by atoms with Gasteiger partial charge in [-0.25, -0.2) is 0 Å². The first-order chi connectivity index (χ1) is 15.5. The minimum Gasteiger partial charge on any atom is -0.493 e. The number of benzene rings is 4. The van der Waals surface area contributed by atoms with E-state index < -0.39 is 0 Å². The molecule has 0 fully saturated rings. The fourth-order valence-electron chi connectivity index (χ4n) is 3.34. The summed E-state index contributed by atoms with van der Waals surface area (Å²) < 4.78 is 11.8. The van der Waals surface area contributed by atoms with Gasteiger partial charge in [0.25, 0.3) is 5.91 Å². The average molecular weight is 466 g/mol. The summed E-state index contributed by atoms with van der Waals surface area (Å²) in [6.07, 6.45) is 0. The van der Waals surface area contributed by atoms with Crippen molar-refractivity contribution in [2.24, 2.45) is 0 Å². The van der Waals surface area contributed by atoms with Gasteiger partial charge < -0.3 is 14.8 Å². The first kappa shape index (κ1) is 22.0. The zero-order chi connectivity index (χ0) is 22.5. The van der Waals surface area contributed by atoms with Gasteiger partial charge in [-0.2, -0.15) is 0 Å². The molecule has 0 aromatic heterocycles. The summed E-state index contributed by atoms with van der Waals surface area (Å²) in [5.74, 6) is 1.11. The number of hydrogen-bond donors (Lipinski definition) is 1. The molecule has 0 spiro atoms. The van der Waals surface area contributed by atoms with Crippen molar-refractivity contribution in [3.63, 3.8) is 0 Å². The van der Waals surface area contributed by atoms with Gasteiger partial charge in [0, 0.05) is 11.1 Å². The number of rotatable bonds is 7. The largest absolute Gasteiger partial charge is 0.493 e. The van der Waals surface area contributed by atoms with E-state index >= 15 is 0 Å². The van der Waals surface area contributed by atoms with E-state index in [-0.39, 0.29) is 12.5 Å². The highest BCUT2D eigenvalue weighted by Gasteiger charge is 2.14. The zero-order valence-electron chi connectivity index (χ0n) is 17.4. The summed E-state index contributed by atoms with van der Waals surface area (Å²) in [7, 11) is 0. The minimum absolute atomic E-state index is 0.257. The number of ether oxygens (including phenoxy) is 2. The van der Waals surface area contributed by atoms with Gasteiger partial charge in [-0.15, -0.1) is 0 Å². The quantitative estimate of drug-likeness (QED) is 0.309. The molecule has 0 radical (unpaired) electrons. The maximum Gasteiger partial charge on any atom is 0.255 e. The van der Waals surface area contributed by atoms with Gasteiger partial charge in [0.15, 0.2) is 0 Å². The molecular formula is C26H21Cl2NO3. The van der Waals surface area contributed by atoms with Crippen LogP contribution in [0.25, 0.3) is 10.8 Å². The van der Waals surface area contributed by atoms with Crippen LogP contribution in [0.15, 0.2) is 78.9 Å². The van der Waals surface area contributed by atoms with E-state index in [1.54, 1.807) is 36.4 Å². The Morgan fingerprint density at radius 1 is 0.875 bits per heavy atom. The van der Waals surface area contributed by atoms with Crippen LogP contribution in [0.2, 0.25) is 10.0 Å². The average Bonchev–Trinajstić information content (AvgIpc) is 2.81. The fourth-order valence-corrected chi connectivity index (χ4v) is 3.69. The van der Waals surface area contributed by atoms with Gasteiger partial charge in [-0.05, 0) is 60.2 Å². The van der Waals surface area contributed by atoms with Crippen molar-refractivity contribution < 1.29 is 14.3 Å². The highest BCUT2D eigenvalue weighted by molar-refractivity contribution is 6.44. The third-order valence-electron chi connectivity index (χ3n) is 4.94. The van der Waals surface area contributed by atoms with Gasteiger partial charge in [0.05, 0.1) is 22.3 Å². The molecule has 1 amide bonds. The van der Waals surface area contributed by atoms with Crippen LogP contribution in [-0.2, 0) is 6.61 Å². The van der Waals surface area contributed by atoms with E-state index in [1.807, 2.05) is 43.3 Å². The first-order valence-corrected chi connectivity index (χ1v) is 10.9. The number of halogens is 2. The molecular weight excluding hydrogens is 445 g/mol. The molecule has 0 atom stereocenters. The number of anilines is 1. The molecule has 0 aliphatic carbocycles. The van der Waals surface area contributed by atoms with Crippen LogP contribution in [0.1, 0.15) is 22.8 Å². The SMILES string of the molecule is CCOc1ccc(C(=O)Nc2cccc(Cl)c2Cl)cc1COc1ccc2ccccc2c1. The maximum atomic E-state index is 12.8. The lowest BCUT2D eigenvalue weighted by Gasteiger charge is -2.14. The Balaban J connectivity index is 1.55. The van der Waals surface area contributed by atoms with Crippen LogP contribution in [0.5, 0.6) is 11.5 Å². The van der Waals surface area contributed by atoms with Gasteiger partial charge in [-0.3, -0.25) is 4.79 Å². The molecule has 4 rings (SSSR count). The maximum absolute atomic E-state index is 12.8. The Morgan fingerprint density at radius 3 is 2.50 bits per heavy atom. The lowest BCUT2D eigenvalue weighted by molar-refractivity contribution is 0.102. The Bertz CT molecular complexity index is 1270. The Hall–Kier alpha value is -3.21. The van der Waals surface area contributed by atoms with Crippen LogP contribution >= 0.6 is 23.2 Å². The predicted octanol–water partition coefficient (Wildman–Crippen LogP) is 7.38. The van der Waals surface area contributed by atoms with Crippen molar-refractivity contribution in [1.29, 1.82) is 0 Å². The predicted molar refractivity (Wildman–Crippen MR) is 130 cm³/mol. The minimum atomic E-state index is -0.302. The number of carbonyl (C=O) groups excluding carboxylic acids is 1. The monoisotopic (exact) mass is 465 g/mol. The third kappa shape index (κ3) is 4.98. The van der Waals surface area contributed by atoms with Crippen molar-refractivity contribution in [3.05, 3.63) is 100 Å². The summed E-state index contributed by atoms with van der Waals surface area (Å²) >= 11 is 12.2. The number of fused-ring (bicyclic) bond motifs is 1. The van der Waals surface area contributed by atoms with E-state index in [9.17, 15) is 4.79 Å². The number of nitrogens with one attached hydrogen (secondary N) is 1. The topological polar surface area (TPSA) is 47.6 Å². The molecule has 0 aliphatic rings. The second-order valence-corrected chi connectivity index (χ2v) is 7.89. The summed E-state index contributed by atoms with van der Waals surface area (Å²) in [5, 5.41) is 5.72. The molecule has 0 saturated carbocycles. The molecule has 0 bridgehead atoms. The smallest absolute Gasteiger partial charge is 0.255 e. The van der Waals surface area contributed by atoms with Gasteiger partial charge in [0.1, 0.15) is 18.1 Å². The molecule has 0 unspecified atom stereocenters. The van der Waals surface area contributed by atoms with Crippen LogP contribution in [-0.4, -0.2) is 12.5 Å². The molecule has 162 valence electrons. The van der Waals surface area contributed by atoms with E-state index in [2.05, 4.69) is 11.4 Å². The fraction of sp³-hybridized carbons (Fsp3) is 0.115. The molecule has 6 heteroatoms. The summed E-state index contributed by atoms with van der Waals surface area (Å²) in [6.45, 7) is 2.68. The molecule has 4 aromatic carbocycles. The molecule has 0 saturated heterocycles. The molecule has 4 aromatic rings. The van der Waals surface area contributed by atoms with Crippen molar-refractivity contribution in [2.45, 2.75) is 13.5 Å². The van der Waals surface area contributed by atoms with Gasteiger partial charge in [-0.1, -0.05) is 59.6 Å². The number of amides is 1. The second kappa shape index (κ2) is 9.94. The van der Waals surface area contributed by atoms with Gasteiger partial charge in [0.2, 0.25) is 0 Å². The van der Waals surface area contributed by atoms with Crippen molar-refractivity contribution >= 4 is 45.6 Å². The standard InChI is InChI=1S/C26H21Cl2NO3/c1-2-31-24-13-11-19(26(30)29-23-9-5-8-22(27)25(23)28)14-20(24)16-32-21-12-10-17-6-3-4-7-18(17)15-21/h3-15H,2,16H2,1H3,(H,29,30). The molecule has 0 heterocycles. The number of hydrogen-bond acceptors (Lipinski definition) is 3. The molecule has 32 heavy (non-hydrogen) atoms. The summed E-state index contributed by atoms with van der Waals surface area (Å²) in [6, 6.07) is 24.4. The lowest BCUT2D eigenvalue weighted by atomic mass is 10.1. The van der Waals surface area contributed by atoms with E-state index in [4.69, 9.17) is 32.7 Å². The number of carbonyl (C=O) groups is 1. The highest BCUT2D eigenvalue weighted by Crippen LogP contribution is 2.30. The van der Waals surface area contributed by atoms with Crippen molar-refractivity contribution in [2.75, 3.05) is 11.9 Å². The third-order valence-corrected chi connectivity index (χ3v) is 5.76. The van der Waals surface area contributed by atoms with Crippen LogP contribution in [0, 0.1) is 0 Å². The van der Waals surface area contributed by atoms with Gasteiger partial charge >= 0.3 is 0 Å². The van der Waals surface area contributed by atoms with Crippen molar-refractivity contribution in [1.82, 2.24) is 0 Å². The zero-order valence-corrected chi connectivity index (χ0v) is 18.9. The normalized spacial score (nSPS) is 10.7. The molecule has 1 N–H and O–H groups in total. The molecule has 4 nitrogen and oxygen atoms in total. The van der Waals surface area contributed by atoms with E-state index in [1.165, 1.54) is 0 Å². The van der Waals surface area contributed by atoms with E-state index in [0.29, 0.717) is 33.7 Å². The lowest BCUT2D eigenvalue weighted by Crippen LogP contribution is -2.13. The van der Waals surface area contributed by atoms with Crippen molar-refractivity contribution in [3.8, 4) is 11.5 Å². The van der Waals surface area contributed by atoms with Crippen LogP contribution < -0.4 is 14.8 Å².